The average Bonchev–Trinajstić information content (AvgIpc) is 2.06. The molecule has 0 radical (unpaired) electrons. The number of ether oxygens (including phenoxy) is 2. The Morgan fingerprint density at radius 2 is 1.14 bits per heavy atom. The van der Waals surface area contributed by atoms with Gasteiger partial charge in [0.25, 0.3) is 0 Å². The van der Waals surface area contributed by atoms with E-state index in [1.165, 1.54) is 12.8 Å². The summed E-state index contributed by atoms with van der Waals surface area (Å²) in [6, 6.07) is 0. The predicted octanol–water partition coefficient (Wildman–Crippen LogP) is 3.15. The number of hydrogen-bond donors (Lipinski definition) is 0. The van der Waals surface area contributed by atoms with Gasteiger partial charge >= 0.3 is 0 Å². The van der Waals surface area contributed by atoms with Crippen molar-refractivity contribution < 1.29 is 9.47 Å². The van der Waals surface area contributed by atoms with Crippen LogP contribution in [0, 0.1) is 0 Å². The molecule has 1 aliphatic carbocycles. The van der Waals surface area contributed by atoms with Crippen LogP contribution in [0.4, 0.5) is 0 Å². The molecular formula is C12H24O2. The van der Waals surface area contributed by atoms with E-state index in [2.05, 4.69) is 27.7 Å². The second kappa shape index (κ2) is 5.72. The number of rotatable bonds is 4. The first-order chi connectivity index (χ1) is 6.59. The fraction of sp³-hybridized carbons (Fsp3) is 1.00. The summed E-state index contributed by atoms with van der Waals surface area (Å²) in [6.45, 7) is 8.39. The third-order valence-electron chi connectivity index (χ3n) is 2.54. The lowest BCUT2D eigenvalue weighted by Gasteiger charge is -2.33. The predicted molar refractivity (Wildman–Crippen MR) is 58.5 cm³/mol. The molecule has 0 bridgehead atoms. The molecule has 0 spiro atoms. The molecule has 0 heterocycles. The number of hydrogen-bond acceptors (Lipinski definition) is 2. The summed E-state index contributed by atoms with van der Waals surface area (Å²) < 4.78 is 11.8. The monoisotopic (exact) mass is 200 g/mol. The van der Waals surface area contributed by atoms with Crippen molar-refractivity contribution in [2.24, 2.45) is 0 Å². The van der Waals surface area contributed by atoms with Gasteiger partial charge in [-0.05, 0) is 40.5 Å². The summed E-state index contributed by atoms with van der Waals surface area (Å²) in [5.74, 6) is 0. The Labute approximate surface area is 88.0 Å². The Morgan fingerprint density at radius 1 is 0.786 bits per heavy atom. The van der Waals surface area contributed by atoms with E-state index < -0.39 is 0 Å². The summed E-state index contributed by atoms with van der Waals surface area (Å²) in [6.07, 6.45) is 6.18. The minimum absolute atomic E-state index is 0.316. The fourth-order valence-corrected chi connectivity index (χ4v) is 2.07. The van der Waals surface area contributed by atoms with Crippen LogP contribution in [0.25, 0.3) is 0 Å². The van der Waals surface area contributed by atoms with Crippen molar-refractivity contribution in [3.63, 3.8) is 0 Å². The van der Waals surface area contributed by atoms with Crippen molar-refractivity contribution in [1.82, 2.24) is 0 Å². The summed E-state index contributed by atoms with van der Waals surface area (Å²) in [4.78, 5) is 0. The third-order valence-corrected chi connectivity index (χ3v) is 2.54. The smallest absolute Gasteiger partial charge is 0.0840 e. The van der Waals surface area contributed by atoms with Gasteiger partial charge in [0.2, 0.25) is 0 Å². The van der Waals surface area contributed by atoms with Gasteiger partial charge in [0, 0.05) is 0 Å². The highest BCUT2D eigenvalue weighted by atomic mass is 16.5. The van der Waals surface area contributed by atoms with Gasteiger partial charge in [-0.15, -0.1) is 0 Å². The molecule has 2 heteroatoms. The Balaban J connectivity index is 2.41. The molecule has 2 nitrogen and oxygen atoms in total. The van der Waals surface area contributed by atoms with E-state index in [-0.39, 0.29) is 0 Å². The van der Waals surface area contributed by atoms with Gasteiger partial charge in [0.15, 0.2) is 0 Å². The summed E-state index contributed by atoms with van der Waals surface area (Å²) in [7, 11) is 0. The minimum atomic E-state index is 0.316. The molecule has 14 heavy (non-hydrogen) atoms. The summed E-state index contributed by atoms with van der Waals surface area (Å²) >= 11 is 0. The van der Waals surface area contributed by atoms with Crippen LogP contribution in [0.5, 0.6) is 0 Å². The molecule has 0 aromatic carbocycles. The van der Waals surface area contributed by atoms with E-state index in [0.29, 0.717) is 24.4 Å². The largest absolute Gasteiger partial charge is 0.373 e. The second-order valence-electron chi connectivity index (χ2n) is 4.73. The Morgan fingerprint density at radius 3 is 1.43 bits per heavy atom. The molecule has 2 unspecified atom stereocenters. The van der Waals surface area contributed by atoms with Crippen molar-refractivity contribution >= 4 is 0 Å². The Hall–Kier alpha value is -0.0800. The topological polar surface area (TPSA) is 18.5 Å². The highest BCUT2D eigenvalue weighted by molar-refractivity contribution is 4.77. The molecule has 84 valence electrons. The lowest BCUT2D eigenvalue weighted by atomic mass is 9.94. The van der Waals surface area contributed by atoms with E-state index in [9.17, 15) is 0 Å². The molecule has 0 aromatic heterocycles. The Bertz CT molecular complexity index is 136. The van der Waals surface area contributed by atoms with Gasteiger partial charge < -0.3 is 9.47 Å². The van der Waals surface area contributed by atoms with Crippen molar-refractivity contribution in [2.45, 2.75) is 77.8 Å². The summed E-state index contributed by atoms with van der Waals surface area (Å²) in [5, 5.41) is 0. The lowest BCUT2D eigenvalue weighted by Crippen LogP contribution is -2.37. The van der Waals surface area contributed by atoms with Gasteiger partial charge in [-0.3, -0.25) is 0 Å². The zero-order valence-electron chi connectivity index (χ0n) is 9.95. The van der Waals surface area contributed by atoms with Crippen molar-refractivity contribution in [1.29, 1.82) is 0 Å². The van der Waals surface area contributed by atoms with E-state index in [4.69, 9.17) is 9.47 Å². The SMILES string of the molecule is CC(C)OC1CCCCC1OC(C)C. The summed E-state index contributed by atoms with van der Waals surface area (Å²) in [5.41, 5.74) is 0. The molecule has 0 aliphatic heterocycles. The van der Waals surface area contributed by atoms with Crippen LogP contribution in [0.1, 0.15) is 53.4 Å². The van der Waals surface area contributed by atoms with E-state index in [0.717, 1.165) is 12.8 Å². The first kappa shape index (κ1) is 12.0. The Kier molecular flexibility index (Phi) is 4.90. The van der Waals surface area contributed by atoms with E-state index >= 15 is 0 Å². The molecule has 0 saturated heterocycles. The molecular weight excluding hydrogens is 176 g/mol. The molecule has 1 rings (SSSR count). The van der Waals surface area contributed by atoms with Crippen LogP contribution in [0.2, 0.25) is 0 Å². The molecule has 1 saturated carbocycles. The normalized spacial score (nSPS) is 28.7. The van der Waals surface area contributed by atoms with Crippen LogP contribution in [0.3, 0.4) is 0 Å². The first-order valence-corrected chi connectivity index (χ1v) is 5.90. The van der Waals surface area contributed by atoms with Crippen LogP contribution < -0.4 is 0 Å². The maximum absolute atomic E-state index is 5.88. The maximum atomic E-state index is 5.88. The zero-order valence-corrected chi connectivity index (χ0v) is 9.95. The van der Waals surface area contributed by atoms with E-state index in [1.54, 1.807) is 0 Å². The van der Waals surface area contributed by atoms with Crippen LogP contribution >= 0.6 is 0 Å². The highest BCUT2D eigenvalue weighted by Gasteiger charge is 2.27. The lowest BCUT2D eigenvalue weighted by molar-refractivity contribution is -0.125. The molecule has 1 aliphatic rings. The van der Waals surface area contributed by atoms with Crippen LogP contribution in [-0.4, -0.2) is 24.4 Å². The van der Waals surface area contributed by atoms with Crippen molar-refractivity contribution in [2.75, 3.05) is 0 Å². The highest BCUT2D eigenvalue weighted by Crippen LogP contribution is 2.25. The van der Waals surface area contributed by atoms with Gasteiger partial charge in [0.05, 0.1) is 24.4 Å². The third kappa shape index (κ3) is 3.97. The first-order valence-electron chi connectivity index (χ1n) is 5.90. The standard InChI is InChI=1S/C12H24O2/c1-9(2)13-11-7-5-6-8-12(11)14-10(3)4/h9-12H,5-8H2,1-4H3. The molecule has 0 N–H and O–H groups in total. The minimum Gasteiger partial charge on any atom is -0.373 e. The van der Waals surface area contributed by atoms with Crippen molar-refractivity contribution in [3.05, 3.63) is 0 Å². The van der Waals surface area contributed by atoms with Crippen LogP contribution in [0.15, 0.2) is 0 Å². The molecule has 0 aromatic rings. The zero-order chi connectivity index (χ0) is 10.6. The molecule has 1 fully saturated rings. The van der Waals surface area contributed by atoms with Crippen molar-refractivity contribution in [3.8, 4) is 0 Å². The van der Waals surface area contributed by atoms with Gasteiger partial charge in [-0.2, -0.15) is 0 Å². The van der Waals surface area contributed by atoms with Gasteiger partial charge in [-0.25, -0.2) is 0 Å². The fourth-order valence-electron chi connectivity index (χ4n) is 2.07. The quantitative estimate of drug-likeness (QED) is 0.694. The van der Waals surface area contributed by atoms with Crippen LogP contribution in [-0.2, 0) is 9.47 Å². The molecule has 2 atom stereocenters. The van der Waals surface area contributed by atoms with Gasteiger partial charge in [-0.1, -0.05) is 12.8 Å². The average molecular weight is 200 g/mol. The van der Waals surface area contributed by atoms with Gasteiger partial charge in [0.1, 0.15) is 0 Å². The maximum Gasteiger partial charge on any atom is 0.0840 e. The second-order valence-corrected chi connectivity index (χ2v) is 4.73. The molecule has 0 amide bonds. The van der Waals surface area contributed by atoms with E-state index in [1.807, 2.05) is 0 Å².